The number of piperidine rings is 1. The molecule has 1 aliphatic heterocycles. The zero-order valence-electron chi connectivity index (χ0n) is 10.7. The molecule has 18 heavy (non-hydrogen) atoms. The van der Waals surface area contributed by atoms with E-state index >= 15 is 0 Å². The van der Waals surface area contributed by atoms with Gasteiger partial charge in [-0.2, -0.15) is 0 Å². The first-order valence-electron chi connectivity index (χ1n) is 6.36. The van der Waals surface area contributed by atoms with Crippen LogP contribution in [0.25, 0.3) is 0 Å². The van der Waals surface area contributed by atoms with Gasteiger partial charge in [0.25, 0.3) is 0 Å². The van der Waals surface area contributed by atoms with Crippen LogP contribution in [0, 0.1) is 12.8 Å². The van der Waals surface area contributed by atoms with Gasteiger partial charge in [-0.1, -0.05) is 12.1 Å². The standard InChI is InChI=1S/C14H20N2O2/c1-10-8-11(9-17)2-3-13(10)16-6-4-12(5-7-16)14(15)18/h2-3,8,12,17H,4-7,9H2,1H3,(H2,15,18). The molecule has 0 saturated carbocycles. The SMILES string of the molecule is Cc1cc(CO)ccc1N1CCC(C(N)=O)CC1. The second kappa shape index (κ2) is 5.40. The second-order valence-electron chi connectivity index (χ2n) is 4.94. The van der Waals surface area contributed by atoms with E-state index in [-0.39, 0.29) is 18.4 Å². The van der Waals surface area contributed by atoms with Crippen molar-refractivity contribution < 1.29 is 9.90 Å². The van der Waals surface area contributed by atoms with Crippen LogP contribution in [-0.2, 0) is 11.4 Å². The van der Waals surface area contributed by atoms with Crippen LogP contribution in [0.5, 0.6) is 0 Å². The van der Waals surface area contributed by atoms with E-state index in [0.29, 0.717) is 0 Å². The predicted octanol–water partition coefficient (Wildman–Crippen LogP) is 1.19. The van der Waals surface area contributed by atoms with Crippen LogP contribution >= 0.6 is 0 Å². The van der Waals surface area contributed by atoms with Crippen LogP contribution < -0.4 is 10.6 Å². The van der Waals surface area contributed by atoms with Gasteiger partial charge in [-0.05, 0) is 37.0 Å². The minimum Gasteiger partial charge on any atom is -0.392 e. The molecule has 0 spiro atoms. The Hall–Kier alpha value is -1.55. The second-order valence-corrected chi connectivity index (χ2v) is 4.94. The van der Waals surface area contributed by atoms with Crippen molar-refractivity contribution in [2.75, 3.05) is 18.0 Å². The zero-order valence-corrected chi connectivity index (χ0v) is 10.7. The highest BCUT2D eigenvalue weighted by Crippen LogP contribution is 2.26. The van der Waals surface area contributed by atoms with Crippen LogP contribution in [0.15, 0.2) is 18.2 Å². The highest BCUT2D eigenvalue weighted by molar-refractivity contribution is 5.77. The van der Waals surface area contributed by atoms with Crippen LogP contribution in [0.1, 0.15) is 24.0 Å². The number of hydrogen-bond acceptors (Lipinski definition) is 3. The van der Waals surface area contributed by atoms with Crippen molar-refractivity contribution in [3.8, 4) is 0 Å². The number of aryl methyl sites for hydroxylation is 1. The Kier molecular flexibility index (Phi) is 3.87. The van der Waals surface area contributed by atoms with Crippen molar-refractivity contribution in [1.82, 2.24) is 0 Å². The summed E-state index contributed by atoms with van der Waals surface area (Å²) in [5.74, 6) is -0.153. The van der Waals surface area contributed by atoms with Crippen molar-refractivity contribution >= 4 is 11.6 Å². The fourth-order valence-corrected chi connectivity index (χ4v) is 2.58. The van der Waals surface area contributed by atoms with E-state index in [4.69, 9.17) is 10.8 Å². The van der Waals surface area contributed by atoms with Crippen LogP contribution in [0.3, 0.4) is 0 Å². The Morgan fingerprint density at radius 2 is 2.11 bits per heavy atom. The maximum atomic E-state index is 11.1. The van der Waals surface area contributed by atoms with E-state index in [2.05, 4.69) is 11.8 Å². The summed E-state index contributed by atoms with van der Waals surface area (Å²) in [6.45, 7) is 3.86. The summed E-state index contributed by atoms with van der Waals surface area (Å²) in [4.78, 5) is 13.4. The number of carbonyl (C=O) groups excluding carboxylic acids is 1. The largest absolute Gasteiger partial charge is 0.392 e. The molecule has 4 heteroatoms. The van der Waals surface area contributed by atoms with E-state index in [1.54, 1.807) is 0 Å². The average molecular weight is 248 g/mol. The van der Waals surface area contributed by atoms with Crippen molar-refractivity contribution in [1.29, 1.82) is 0 Å². The van der Waals surface area contributed by atoms with Crippen LogP contribution in [0.4, 0.5) is 5.69 Å². The molecule has 1 aromatic carbocycles. The lowest BCUT2D eigenvalue weighted by molar-refractivity contribution is -0.122. The van der Waals surface area contributed by atoms with E-state index in [9.17, 15) is 4.79 Å². The van der Waals surface area contributed by atoms with Crippen molar-refractivity contribution in [2.45, 2.75) is 26.4 Å². The number of nitrogens with two attached hydrogens (primary N) is 1. The summed E-state index contributed by atoms with van der Waals surface area (Å²) in [7, 11) is 0. The molecule has 1 saturated heterocycles. The van der Waals surface area contributed by atoms with Gasteiger partial charge in [-0.15, -0.1) is 0 Å². The summed E-state index contributed by atoms with van der Waals surface area (Å²) in [5.41, 5.74) is 8.62. The normalized spacial score (nSPS) is 16.9. The van der Waals surface area contributed by atoms with Gasteiger partial charge >= 0.3 is 0 Å². The van der Waals surface area contributed by atoms with Crippen molar-refractivity contribution in [3.05, 3.63) is 29.3 Å². The third-order valence-electron chi connectivity index (χ3n) is 3.68. The van der Waals surface area contributed by atoms with E-state index < -0.39 is 0 Å². The zero-order chi connectivity index (χ0) is 13.1. The molecule has 0 bridgehead atoms. The molecule has 1 amide bonds. The van der Waals surface area contributed by atoms with Gasteiger partial charge in [-0.3, -0.25) is 4.79 Å². The summed E-state index contributed by atoms with van der Waals surface area (Å²) >= 11 is 0. The molecule has 0 atom stereocenters. The van der Waals surface area contributed by atoms with E-state index in [0.717, 1.165) is 31.5 Å². The fraction of sp³-hybridized carbons (Fsp3) is 0.500. The number of rotatable bonds is 3. The molecular weight excluding hydrogens is 228 g/mol. The lowest BCUT2D eigenvalue weighted by Gasteiger charge is -2.33. The summed E-state index contributed by atoms with van der Waals surface area (Å²) in [5, 5.41) is 9.09. The Morgan fingerprint density at radius 3 is 2.61 bits per heavy atom. The number of nitrogens with zero attached hydrogens (tertiary/aromatic N) is 1. The predicted molar refractivity (Wildman–Crippen MR) is 71.2 cm³/mol. The molecule has 98 valence electrons. The number of aliphatic hydroxyl groups excluding tert-OH is 1. The monoisotopic (exact) mass is 248 g/mol. The maximum absolute atomic E-state index is 11.1. The van der Waals surface area contributed by atoms with Crippen molar-refractivity contribution in [3.63, 3.8) is 0 Å². The average Bonchev–Trinajstić information content (AvgIpc) is 2.38. The Bertz CT molecular complexity index is 437. The van der Waals surface area contributed by atoms with Gasteiger partial charge in [0, 0.05) is 24.7 Å². The molecule has 0 unspecified atom stereocenters. The molecule has 3 N–H and O–H groups in total. The molecule has 2 rings (SSSR count). The quantitative estimate of drug-likeness (QED) is 0.844. The minimum atomic E-state index is -0.179. The number of amides is 1. The van der Waals surface area contributed by atoms with Gasteiger partial charge in [0.15, 0.2) is 0 Å². The molecule has 1 aromatic rings. The number of hydrogen-bond donors (Lipinski definition) is 2. The molecule has 1 fully saturated rings. The Labute approximate surface area is 107 Å². The molecule has 1 aliphatic rings. The molecule has 0 aliphatic carbocycles. The maximum Gasteiger partial charge on any atom is 0.220 e. The van der Waals surface area contributed by atoms with Gasteiger partial charge in [0.1, 0.15) is 0 Å². The Balaban J connectivity index is 2.07. The highest BCUT2D eigenvalue weighted by Gasteiger charge is 2.23. The highest BCUT2D eigenvalue weighted by atomic mass is 16.3. The third-order valence-corrected chi connectivity index (χ3v) is 3.68. The number of carbonyl (C=O) groups is 1. The topological polar surface area (TPSA) is 66.6 Å². The first-order chi connectivity index (χ1) is 8.61. The molecule has 4 nitrogen and oxygen atoms in total. The van der Waals surface area contributed by atoms with Crippen LogP contribution in [0.2, 0.25) is 0 Å². The summed E-state index contributed by atoms with van der Waals surface area (Å²) in [6.07, 6.45) is 1.66. The molecule has 0 aromatic heterocycles. The first kappa shape index (κ1) is 12.9. The smallest absolute Gasteiger partial charge is 0.220 e. The van der Waals surface area contributed by atoms with Gasteiger partial charge < -0.3 is 15.7 Å². The molecule has 0 radical (unpaired) electrons. The number of aliphatic hydroxyl groups is 1. The summed E-state index contributed by atoms with van der Waals surface area (Å²) in [6, 6.07) is 6.00. The summed E-state index contributed by atoms with van der Waals surface area (Å²) < 4.78 is 0. The van der Waals surface area contributed by atoms with Gasteiger partial charge in [-0.25, -0.2) is 0 Å². The third kappa shape index (κ3) is 2.64. The van der Waals surface area contributed by atoms with Gasteiger partial charge in [0.05, 0.1) is 6.61 Å². The number of primary amides is 1. The minimum absolute atomic E-state index is 0.0262. The van der Waals surface area contributed by atoms with E-state index in [1.165, 1.54) is 11.3 Å². The van der Waals surface area contributed by atoms with E-state index in [1.807, 2.05) is 18.2 Å². The molecule has 1 heterocycles. The lowest BCUT2D eigenvalue weighted by Crippen LogP contribution is -2.38. The molecular formula is C14H20N2O2. The van der Waals surface area contributed by atoms with Crippen LogP contribution in [-0.4, -0.2) is 24.1 Å². The van der Waals surface area contributed by atoms with Crippen molar-refractivity contribution in [2.24, 2.45) is 11.7 Å². The number of benzene rings is 1. The Morgan fingerprint density at radius 1 is 1.44 bits per heavy atom. The lowest BCUT2D eigenvalue weighted by atomic mass is 9.95. The number of anilines is 1. The fourth-order valence-electron chi connectivity index (χ4n) is 2.58. The van der Waals surface area contributed by atoms with Gasteiger partial charge in [0.2, 0.25) is 5.91 Å². The first-order valence-corrected chi connectivity index (χ1v) is 6.36.